The van der Waals surface area contributed by atoms with E-state index < -0.39 is 10.9 Å². The Morgan fingerprint density at radius 3 is 2.82 bits per heavy atom. The molecule has 2 aromatic rings. The van der Waals surface area contributed by atoms with Crippen LogP contribution < -0.4 is 5.32 Å². The summed E-state index contributed by atoms with van der Waals surface area (Å²) in [5.41, 5.74) is 0.840. The number of hydrogen-bond donors (Lipinski definition) is 2. The van der Waals surface area contributed by atoms with Gasteiger partial charge in [0.05, 0.1) is 4.92 Å². The Balaban J connectivity index is 1.49. The molecule has 11 heteroatoms. The summed E-state index contributed by atoms with van der Waals surface area (Å²) in [6, 6.07) is 6.23. The molecule has 1 aliphatic rings. The number of aromatic nitrogens is 1. The number of nitrogens with one attached hydrogen (secondary N) is 1. The van der Waals surface area contributed by atoms with Gasteiger partial charge in [0.15, 0.2) is 10.0 Å². The quantitative estimate of drug-likeness (QED) is 0.359. The number of anilines is 1. The van der Waals surface area contributed by atoms with Gasteiger partial charge in [-0.05, 0) is 18.6 Å². The van der Waals surface area contributed by atoms with Crippen LogP contribution in [0.4, 0.5) is 11.4 Å². The van der Waals surface area contributed by atoms with Crippen molar-refractivity contribution < 1.29 is 19.6 Å². The molecular weight excluding hydrogens is 404 g/mol. The average Bonchev–Trinajstić information content (AvgIpc) is 3.28. The predicted octanol–water partition coefficient (Wildman–Crippen LogP) is 2.94. The van der Waals surface area contributed by atoms with Crippen LogP contribution in [0.5, 0.6) is 0 Å². The van der Waals surface area contributed by atoms with E-state index in [9.17, 15) is 19.7 Å². The second-order valence-electron chi connectivity index (χ2n) is 6.12. The minimum absolute atomic E-state index is 0.0356. The van der Waals surface area contributed by atoms with Gasteiger partial charge in [-0.3, -0.25) is 14.9 Å². The fourth-order valence-corrected chi connectivity index (χ4v) is 4.71. The normalized spacial score (nSPS) is 16.4. The third-order valence-corrected chi connectivity index (χ3v) is 6.33. The van der Waals surface area contributed by atoms with Gasteiger partial charge in [-0.1, -0.05) is 11.8 Å². The van der Waals surface area contributed by atoms with Crippen LogP contribution in [-0.4, -0.2) is 56.7 Å². The van der Waals surface area contributed by atoms with E-state index in [1.807, 2.05) is 4.90 Å². The highest BCUT2D eigenvalue weighted by atomic mass is 32.2. The van der Waals surface area contributed by atoms with Crippen molar-refractivity contribution >= 4 is 46.3 Å². The molecule has 0 saturated carbocycles. The summed E-state index contributed by atoms with van der Waals surface area (Å²) >= 11 is 2.71. The van der Waals surface area contributed by atoms with Gasteiger partial charge >= 0.3 is 5.97 Å². The number of nitro groups is 1. The first kappa shape index (κ1) is 20.1. The Morgan fingerprint density at radius 1 is 1.43 bits per heavy atom. The van der Waals surface area contributed by atoms with Gasteiger partial charge in [0.25, 0.3) is 5.69 Å². The lowest BCUT2D eigenvalue weighted by molar-refractivity contribution is -0.384. The number of carbonyl (C=O) groups is 2. The molecule has 1 aromatic carbocycles. The van der Waals surface area contributed by atoms with Gasteiger partial charge in [-0.25, -0.2) is 9.78 Å². The number of rotatable bonds is 9. The lowest BCUT2D eigenvalue weighted by Gasteiger charge is -2.25. The van der Waals surface area contributed by atoms with Gasteiger partial charge in [0, 0.05) is 54.5 Å². The Labute approximate surface area is 168 Å². The highest BCUT2D eigenvalue weighted by Crippen LogP contribution is 2.25. The summed E-state index contributed by atoms with van der Waals surface area (Å²) in [5, 5.41) is 24.3. The SMILES string of the molecule is O=C(O)c1csc(SCCN2C(=O)CCC2CNc2ccc([N+](=O)[O-])cc2)n1. The number of benzene rings is 1. The predicted molar refractivity (Wildman–Crippen MR) is 106 cm³/mol. The number of amides is 1. The van der Waals surface area contributed by atoms with E-state index in [0.29, 0.717) is 29.6 Å². The molecule has 28 heavy (non-hydrogen) atoms. The summed E-state index contributed by atoms with van der Waals surface area (Å²) < 4.78 is 0.671. The van der Waals surface area contributed by atoms with Crippen molar-refractivity contribution in [3.8, 4) is 0 Å². The molecule has 148 valence electrons. The van der Waals surface area contributed by atoms with Gasteiger partial charge in [-0.2, -0.15) is 0 Å². The smallest absolute Gasteiger partial charge is 0.355 e. The summed E-state index contributed by atoms with van der Waals surface area (Å²) in [5.74, 6) is -0.316. The zero-order valence-corrected chi connectivity index (χ0v) is 16.4. The van der Waals surface area contributed by atoms with Crippen LogP contribution in [0.1, 0.15) is 23.3 Å². The minimum atomic E-state index is -1.05. The molecule has 9 nitrogen and oxygen atoms in total. The molecule has 3 rings (SSSR count). The molecule has 1 amide bonds. The van der Waals surface area contributed by atoms with Gasteiger partial charge in [0.2, 0.25) is 5.91 Å². The Hall–Kier alpha value is -2.66. The lowest BCUT2D eigenvalue weighted by atomic mass is 10.2. The van der Waals surface area contributed by atoms with Crippen molar-refractivity contribution in [1.82, 2.24) is 9.88 Å². The maximum Gasteiger partial charge on any atom is 0.355 e. The highest BCUT2D eigenvalue weighted by Gasteiger charge is 2.30. The van der Waals surface area contributed by atoms with Gasteiger partial charge in [-0.15, -0.1) is 11.3 Å². The molecule has 1 unspecified atom stereocenters. The number of thiazole rings is 1. The van der Waals surface area contributed by atoms with E-state index in [-0.39, 0.29) is 23.3 Å². The first-order valence-electron chi connectivity index (χ1n) is 8.53. The van der Waals surface area contributed by atoms with E-state index in [1.165, 1.54) is 40.6 Å². The van der Waals surface area contributed by atoms with E-state index in [4.69, 9.17) is 5.11 Å². The molecule has 1 saturated heterocycles. The fraction of sp³-hybridized carbons (Fsp3) is 0.353. The van der Waals surface area contributed by atoms with E-state index in [1.54, 1.807) is 12.1 Å². The topological polar surface area (TPSA) is 126 Å². The molecule has 1 aromatic heterocycles. The van der Waals surface area contributed by atoms with Crippen molar-refractivity contribution in [2.45, 2.75) is 23.2 Å². The Kier molecular flexibility index (Phi) is 6.47. The summed E-state index contributed by atoms with van der Waals surface area (Å²) in [6.07, 6.45) is 1.25. The van der Waals surface area contributed by atoms with E-state index in [2.05, 4.69) is 10.3 Å². The third-order valence-electron chi connectivity index (χ3n) is 4.33. The summed E-state index contributed by atoms with van der Waals surface area (Å²) in [7, 11) is 0. The maximum absolute atomic E-state index is 12.2. The molecule has 0 aliphatic carbocycles. The van der Waals surface area contributed by atoms with Crippen LogP contribution in [-0.2, 0) is 4.79 Å². The number of thioether (sulfide) groups is 1. The monoisotopic (exact) mass is 422 g/mol. The number of non-ortho nitro benzene ring substituents is 1. The molecule has 1 atom stereocenters. The zero-order chi connectivity index (χ0) is 20.1. The Morgan fingerprint density at radius 2 is 2.18 bits per heavy atom. The lowest BCUT2D eigenvalue weighted by Crippen LogP contribution is -2.39. The van der Waals surface area contributed by atoms with Crippen LogP contribution in [0.2, 0.25) is 0 Å². The van der Waals surface area contributed by atoms with Crippen LogP contribution in [0.15, 0.2) is 34.0 Å². The number of nitro benzene ring substituents is 1. The standard InChI is InChI=1S/C17H18N4O5S2/c22-15-6-5-13(9-18-11-1-3-12(4-2-11)21(25)26)20(15)7-8-27-17-19-14(10-28-17)16(23)24/h1-4,10,13,18H,5-9H2,(H,23,24). The van der Waals surface area contributed by atoms with Crippen molar-refractivity contribution in [2.24, 2.45) is 0 Å². The molecule has 2 heterocycles. The molecule has 0 bridgehead atoms. The van der Waals surface area contributed by atoms with Gasteiger partial charge in [0.1, 0.15) is 0 Å². The number of carboxylic acid groups (broad SMARTS) is 1. The average molecular weight is 422 g/mol. The van der Waals surface area contributed by atoms with Crippen molar-refractivity contribution in [2.75, 3.05) is 24.2 Å². The van der Waals surface area contributed by atoms with E-state index in [0.717, 1.165) is 12.1 Å². The number of carboxylic acids is 1. The number of aromatic carboxylic acids is 1. The molecular formula is C17H18N4O5S2. The first-order chi connectivity index (χ1) is 13.4. The van der Waals surface area contributed by atoms with Gasteiger partial charge < -0.3 is 15.3 Å². The minimum Gasteiger partial charge on any atom is -0.476 e. The molecule has 0 spiro atoms. The molecule has 2 N–H and O–H groups in total. The van der Waals surface area contributed by atoms with Crippen LogP contribution in [0, 0.1) is 10.1 Å². The number of nitrogens with zero attached hydrogens (tertiary/aromatic N) is 3. The molecule has 1 fully saturated rings. The van der Waals surface area contributed by atoms with Crippen molar-refractivity contribution in [1.29, 1.82) is 0 Å². The number of hydrogen-bond acceptors (Lipinski definition) is 8. The Bertz CT molecular complexity index is 871. The number of carbonyl (C=O) groups excluding carboxylic acids is 1. The molecule has 0 radical (unpaired) electrons. The largest absolute Gasteiger partial charge is 0.476 e. The summed E-state index contributed by atoms with van der Waals surface area (Å²) in [4.78, 5) is 39.2. The highest BCUT2D eigenvalue weighted by molar-refractivity contribution is 8.01. The maximum atomic E-state index is 12.2. The summed E-state index contributed by atoms with van der Waals surface area (Å²) in [6.45, 7) is 1.12. The van der Waals surface area contributed by atoms with Crippen LogP contribution in [0.3, 0.4) is 0 Å². The fourth-order valence-electron chi connectivity index (χ4n) is 2.90. The van der Waals surface area contributed by atoms with Crippen molar-refractivity contribution in [3.63, 3.8) is 0 Å². The second kappa shape index (κ2) is 9.02. The van der Waals surface area contributed by atoms with E-state index >= 15 is 0 Å². The van der Waals surface area contributed by atoms with Crippen LogP contribution >= 0.6 is 23.1 Å². The zero-order valence-electron chi connectivity index (χ0n) is 14.7. The number of likely N-dealkylation sites (tertiary alicyclic amines) is 1. The molecule has 1 aliphatic heterocycles. The van der Waals surface area contributed by atoms with Crippen molar-refractivity contribution in [3.05, 3.63) is 45.5 Å². The third kappa shape index (κ3) is 4.98. The first-order valence-corrected chi connectivity index (χ1v) is 10.4. The second-order valence-corrected chi connectivity index (χ2v) is 8.32. The van der Waals surface area contributed by atoms with Crippen LogP contribution in [0.25, 0.3) is 0 Å².